The van der Waals surface area contributed by atoms with E-state index in [0.29, 0.717) is 17.7 Å². The summed E-state index contributed by atoms with van der Waals surface area (Å²) in [5, 5.41) is 4.10. The van der Waals surface area contributed by atoms with E-state index in [2.05, 4.69) is 22.2 Å². The van der Waals surface area contributed by atoms with Crippen molar-refractivity contribution in [3.05, 3.63) is 16.5 Å². The first-order chi connectivity index (χ1) is 9.07. The highest BCUT2D eigenvalue weighted by Crippen LogP contribution is 2.40. The van der Waals surface area contributed by atoms with E-state index >= 15 is 0 Å². The lowest BCUT2D eigenvalue weighted by Crippen LogP contribution is -2.43. The summed E-state index contributed by atoms with van der Waals surface area (Å²) < 4.78 is 5.58. The first-order valence-electron chi connectivity index (χ1n) is 6.97. The van der Waals surface area contributed by atoms with Gasteiger partial charge in [0, 0.05) is 18.1 Å². The molecule has 1 aromatic rings. The molecular weight excluding hydrogens is 262 g/mol. The molecular formula is C14H20ClN3O. The Morgan fingerprint density at radius 2 is 2.16 bits per heavy atom. The van der Waals surface area contributed by atoms with Gasteiger partial charge in [-0.1, -0.05) is 11.6 Å². The molecule has 0 amide bonds. The minimum atomic E-state index is -0.0541. The maximum absolute atomic E-state index is 6.23. The van der Waals surface area contributed by atoms with Gasteiger partial charge in [0.25, 0.3) is 0 Å². The molecule has 1 aliphatic heterocycles. The van der Waals surface area contributed by atoms with Crippen molar-refractivity contribution < 1.29 is 4.74 Å². The minimum Gasteiger partial charge on any atom is -0.379 e. The van der Waals surface area contributed by atoms with Gasteiger partial charge in [-0.15, -0.1) is 0 Å². The Labute approximate surface area is 118 Å². The molecule has 4 nitrogen and oxygen atoms in total. The highest BCUT2D eigenvalue weighted by Gasteiger charge is 2.31. The third kappa shape index (κ3) is 2.84. The van der Waals surface area contributed by atoms with Crippen molar-refractivity contribution >= 4 is 17.4 Å². The van der Waals surface area contributed by atoms with Gasteiger partial charge >= 0.3 is 0 Å². The molecule has 1 saturated heterocycles. The average Bonchev–Trinajstić information content (AvgIpc) is 3.19. The van der Waals surface area contributed by atoms with Crippen molar-refractivity contribution in [3.8, 4) is 0 Å². The number of aromatic nitrogens is 2. The zero-order valence-corrected chi connectivity index (χ0v) is 12.3. The van der Waals surface area contributed by atoms with Gasteiger partial charge < -0.3 is 10.1 Å². The number of hydrogen-bond acceptors (Lipinski definition) is 4. The fourth-order valence-electron chi connectivity index (χ4n) is 2.47. The van der Waals surface area contributed by atoms with Crippen LogP contribution in [0, 0.1) is 6.92 Å². The van der Waals surface area contributed by atoms with Crippen LogP contribution in [-0.4, -0.2) is 28.7 Å². The van der Waals surface area contributed by atoms with E-state index in [1.54, 1.807) is 0 Å². The smallest absolute Gasteiger partial charge is 0.137 e. The summed E-state index contributed by atoms with van der Waals surface area (Å²) in [6, 6.07) is 0. The van der Waals surface area contributed by atoms with Crippen LogP contribution in [0.25, 0.3) is 0 Å². The summed E-state index contributed by atoms with van der Waals surface area (Å²) in [6.45, 7) is 5.72. The second-order valence-corrected chi connectivity index (χ2v) is 6.32. The van der Waals surface area contributed by atoms with Gasteiger partial charge in [-0.3, -0.25) is 0 Å². The molecule has 1 saturated carbocycles. The molecule has 5 heteroatoms. The number of nitrogens with zero attached hydrogens (tertiary/aromatic N) is 2. The Balaban J connectivity index is 1.86. The average molecular weight is 282 g/mol. The Kier molecular flexibility index (Phi) is 3.39. The van der Waals surface area contributed by atoms with Crippen molar-refractivity contribution in [1.82, 2.24) is 9.97 Å². The van der Waals surface area contributed by atoms with Crippen LogP contribution >= 0.6 is 11.6 Å². The van der Waals surface area contributed by atoms with Crippen molar-refractivity contribution in [2.75, 3.05) is 18.5 Å². The number of anilines is 1. The number of hydrogen-bond donors (Lipinski definition) is 1. The van der Waals surface area contributed by atoms with Crippen LogP contribution in [0.15, 0.2) is 0 Å². The molecule has 1 N–H and O–H groups in total. The molecule has 3 rings (SSSR count). The zero-order valence-electron chi connectivity index (χ0n) is 11.5. The predicted molar refractivity (Wildman–Crippen MR) is 75.8 cm³/mol. The van der Waals surface area contributed by atoms with E-state index in [9.17, 15) is 0 Å². The molecule has 2 fully saturated rings. The maximum Gasteiger partial charge on any atom is 0.137 e. The van der Waals surface area contributed by atoms with Crippen LogP contribution in [0.1, 0.15) is 49.9 Å². The SMILES string of the molecule is Cc1c(Cl)nc(C2CC2)nc1NC1(C)CCCOC1. The number of ether oxygens (including phenoxy) is 1. The topological polar surface area (TPSA) is 47.0 Å². The van der Waals surface area contributed by atoms with E-state index in [1.807, 2.05) is 6.92 Å². The van der Waals surface area contributed by atoms with Crippen molar-refractivity contribution in [2.24, 2.45) is 0 Å². The van der Waals surface area contributed by atoms with Gasteiger partial charge in [0.1, 0.15) is 16.8 Å². The Morgan fingerprint density at radius 1 is 1.37 bits per heavy atom. The molecule has 1 aromatic heterocycles. The van der Waals surface area contributed by atoms with Crippen molar-refractivity contribution in [1.29, 1.82) is 0 Å². The summed E-state index contributed by atoms with van der Waals surface area (Å²) in [5.41, 5.74) is 0.875. The Hall–Kier alpha value is -0.870. The number of rotatable bonds is 3. The zero-order chi connectivity index (χ0) is 13.5. The first-order valence-corrected chi connectivity index (χ1v) is 7.35. The lowest BCUT2D eigenvalue weighted by molar-refractivity contribution is 0.0538. The quantitative estimate of drug-likeness (QED) is 0.864. The standard InChI is InChI=1S/C14H20ClN3O/c1-9-11(15)16-13(10-4-5-10)17-12(9)18-14(2)6-3-7-19-8-14/h10H,3-8H2,1-2H3,(H,16,17,18). The molecule has 0 bridgehead atoms. The summed E-state index contributed by atoms with van der Waals surface area (Å²) in [6.07, 6.45) is 4.53. The van der Waals surface area contributed by atoms with E-state index in [1.165, 1.54) is 12.8 Å². The van der Waals surface area contributed by atoms with Crippen molar-refractivity contribution in [3.63, 3.8) is 0 Å². The molecule has 1 unspecified atom stereocenters. The first kappa shape index (κ1) is 13.1. The minimum absolute atomic E-state index is 0.0541. The Morgan fingerprint density at radius 3 is 2.79 bits per heavy atom. The van der Waals surface area contributed by atoms with Crippen LogP contribution in [0.5, 0.6) is 0 Å². The second-order valence-electron chi connectivity index (χ2n) is 5.96. The summed E-state index contributed by atoms with van der Waals surface area (Å²) in [5.74, 6) is 2.27. The third-order valence-electron chi connectivity index (χ3n) is 3.90. The van der Waals surface area contributed by atoms with Crippen LogP contribution in [0.3, 0.4) is 0 Å². The highest BCUT2D eigenvalue weighted by atomic mass is 35.5. The predicted octanol–water partition coefficient (Wildman–Crippen LogP) is 3.30. The van der Waals surface area contributed by atoms with Gasteiger partial charge in [-0.25, -0.2) is 9.97 Å². The summed E-state index contributed by atoms with van der Waals surface area (Å²) >= 11 is 6.23. The summed E-state index contributed by atoms with van der Waals surface area (Å²) in [7, 11) is 0. The molecule has 104 valence electrons. The van der Waals surface area contributed by atoms with Gasteiger partial charge in [-0.2, -0.15) is 0 Å². The molecule has 0 aromatic carbocycles. The third-order valence-corrected chi connectivity index (χ3v) is 4.27. The van der Waals surface area contributed by atoms with E-state index in [0.717, 1.165) is 36.7 Å². The van der Waals surface area contributed by atoms with Gasteiger partial charge in [0.2, 0.25) is 0 Å². The second kappa shape index (κ2) is 4.91. The van der Waals surface area contributed by atoms with Crippen LogP contribution in [0.4, 0.5) is 5.82 Å². The van der Waals surface area contributed by atoms with E-state index < -0.39 is 0 Å². The normalized spacial score (nSPS) is 27.3. The van der Waals surface area contributed by atoms with Crippen LogP contribution in [0.2, 0.25) is 5.15 Å². The summed E-state index contributed by atoms with van der Waals surface area (Å²) in [4.78, 5) is 9.07. The monoisotopic (exact) mass is 281 g/mol. The molecule has 0 radical (unpaired) electrons. The molecule has 1 atom stereocenters. The Bertz CT molecular complexity index is 482. The van der Waals surface area contributed by atoms with E-state index in [-0.39, 0.29) is 5.54 Å². The largest absolute Gasteiger partial charge is 0.379 e. The fraction of sp³-hybridized carbons (Fsp3) is 0.714. The molecule has 2 heterocycles. The number of nitrogens with one attached hydrogen (secondary N) is 1. The van der Waals surface area contributed by atoms with Gasteiger partial charge in [0.05, 0.1) is 12.1 Å². The fourth-order valence-corrected chi connectivity index (χ4v) is 2.65. The highest BCUT2D eigenvalue weighted by molar-refractivity contribution is 6.30. The molecule has 0 spiro atoms. The van der Waals surface area contributed by atoms with Gasteiger partial charge in [-0.05, 0) is 39.5 Å². The van der Waals surface area contributed by atoms with Crippen molar-refractivity contribution in [2.45, 2.75) is 51.0 Å². The lowest BCUT2D eigenvalue weighted by Gasteiger charge is -2.35. The van der Waals surface area contributed by atoms with E-state index in [4.69, 9.17) is 16.3 Å². The van der Waals surface area contributed by atoms with Gasteiger partial charge in [0.15, 0.2) is 0 Å². The van der Waals surface area contributed by atoms with Crippen LogP contribution in [-0.2, 0) is 4.74 Å². The molecule has 1 aliphatic carbocycles. The molecule has 2 aliphatic rings. The maximum atomic E-state index is 6.23. The van der Waals surface area contributed by atoms with Crippen LogP contribution < -0.4 is 5.32 Å². The lowest BCUT2D eigenvalue weighted by atomic mass is 9.95. The molecule has 19 heavy (non-hydrogen) atoms. The number of halogens is 1.